The van der Waals surface area contributed by atoms with E-state index in [1.807, 2.05) is 6.26 Å². The summed E-state index contributed by atoms with van der Waals surface area (Å²) in [5.41, 5.74) is 0.255. The van der Waals surface area contributed by atoms with Crippen LogP contribution in [0.2, 0.25) is 0 Å². The second-order valence-electron chi connectivity index (χ2n) is 6.70. The van der Waals surface area contributed by atoms with Crippen molar-refractivity contribution in [3.05, 3.63) is 27.8 Å². The quantitative estimate of drug-likeness (QED) is 0.501. The maximum Gasteiger partial charge on any atom is 0.285 e. The number of nitro groups is 1. The average Bonchev–Trinajstić information content (AvgIpc) is 3.08. The molecule has 3 rings (SSSR count). The van der Waals surface area contributed by atoms with E-state index in [9.17, 15) is 14.9 Å². The Labute approximate surface area is 151 Å². The molecule has 1 amide bonds. The molecule has 1 spiro atoms. The van der Waals surface area contributed by atoms with Gasteiger partial charge in [-0.1, -0.05) is 0 Å². The van der Waals surface area contributed by atoms with E-state index >= 15 is 0 Å². The molecular weight excluding hydrogens is 342 g/mol. The number of nitrogens with zero attached hydrogens (tertiary/aromatic N) is 2. The molecule has 2 fully saturated rings. The van der Waals surface area contributed by atoms with Crippen LogP contribution in [0.5, 0.6) is 5.75 Å². The number of benzene rings is 1. The molecule has 7 nitrogen and oxygen atoms in total. The minimum absolute atomic E-state index is 0.149. The molecule has 2 saturated heterocycles. The first-order valence-electron chi connectivity index (χ1n) is 8.40. The predicted molar refractivity (Wildman–Crippen MR) is 96.5 cm³/mol. The van der Waals surface area contributed by atoms with Crippen LogP contribution in [0.25, 0.3) is 0 Å². The molecular formula is C17H23N3O4S. The van der Waals surface area contributed by atoms with Crippen molar-refractivity contribution in [3.63, 3.8) is 0 Å². The Balaban J connectivity index is 1.85. The zero-order valence-corrected chi connectivity index (χ0v) is 15.4. The Morgan fingerprint density at radius 1 is 1.36 bits per heavy atom. The molecule has 2 heterocycles. The van der Waals surface area contributed by atoms with Crippen LogP contribution in [0.4, 0.5) is 5.69 Å². The lowest BCUT2D eigenvalue weighted by Gasteiger charge is -2.38. The fraction of sp³-hybridized carbons (Fsp3) is 0.588. The Kier molecular flexibility index (Phi) is 5.19. The number of carbonyl (C=O) groups excluding carboxylic acids is 1. The zero-order chi connectivity index (χ0) is 18.0. The Morgan fingerprint density at radius 3 is 2.60 bits per heavy atom. The van der Waals surface area contributed by atoms with Crippen LogP contribution in [0.1, 0.15) is 29.6 Å². The highest BCUT2D eigenvalue weighted by Crippen LogP contribution is 2.39. The molecule has 8 heteroatoms. The van der Waals surface area contributed by atoms with Gasteiger partial charge in [-0.15, -0.1) is 11.8 Å². The summed E-state index contributed by atoms with van der Waals surface area (Å²) < 4.78 is 5.21. The van der Waals surface area contributed by atoms with Gasteiger partial charge in [-0.25, -0.2) is 0 Å². The third-order valence-corrected chi connectivity index (χ3v) is 6.13. The summed E-state index contributed by atoms with van der Waals surface area (Å²) in [5, 5.41) is 14.8. The minimum Gasteiger partial charge on any atom is -0.495 e. The highest BCUT2D eigenvalue weighted by molar-refractivity contribution is 7.98. The molecule has 0 saturated carbocycles. The molecule has 1 aromatic carbocycles. The SMILES string of the molecule is COc1cc([N+](=O)[O-])c(C(=O)N2CCC3(CCNC3)CC2)cc1SC. The first kappa shape index (κ1) is 18.0. The van der Waals surface area contributed by atoms with Crippen molar-refractivity contribution in [1.82, 2.24) is 10.2 Å². The standard InChI is InChI=1S/C17H23N3O4S/c1-24-14-10-13(20(22)23)12(9-15(14)25-2)16(21)19-7-4-17(5-8-19)3-6-18-11-17/h9-10,18H,3-8,11H2,1-2H3. The third-order valence-electron chi connectivity index (χ3n) is 5.37. The van der Waals surface area contributed by atoms with Gasteiger partial charge in [-0.3, -0.25) is 14.9 Å². The van der Waals surface area contributed by atoms with E-state index in [4.69, 9.17) is 4.74 Å². The monoisotopic (exact) mass is 365 g/mol. The number of thioether (sulfide) groups is 1. The van der Waals surface area contributed by atoms with Gasteiger partial charge in [0.1, 0.15) is 11.3 Å². The fourth-order valence-corrected chi connectivity index (χ4v) is 4.35. The van der Waals surface area contributed by atoms with E-state index in [1.54, 1.807) is 11.0 Å². The van der Waals surface area contributed by atoms with Crippen molar-refractivity contribution >= 4 is 23.4 Å². The maximum atomic E-state index is 13.0. The van der Waals surface area contributed by atoms with E-state index in [1.165, 1.54) is 24.9 Å². The summed E-state index contributed by atoms with van der Waals surface area (Å²) in [7, 11) is 1.47. The molecule has 0 aromatic heterocycles. The topological polar surface area (TPSA) is 84.7 Å². The van der Waals surface area contributed by atoms with Crippen LogP contribution >= 0.6 is 11.8 Å². The number of ether oxygens (including phenoxy) is 1. The maximum absolute atomic E-state index is 13.0. The molecule has 1 N–H and O–H groups in total. The van der Waals surface area contributed by atoms with Crippen molar-refractivity contribution < 1.29 is 14.5 Å². The van der Waals surface area contributed by atoms with Crippen LogP contribution in [-0.2, 0) is 0 Å². The van der Waals surface area contributed by atoms with Crippen molar-refractivity contribution in [1.29, 1.82) is 0 Å². The largest absolute Gasteiger partial charge is 0.495 e. The Hall–Kier alpha value is -1.80. The zero-order valence-electron chi connectivity index (χ0n) is 14.5. The van der Waals surface area contributed by atoms with Crippen LogP contribution < -0.4 is 10.1 Å². The van der Waals surface area contributed by atoms with Crippen molar-refractivity contribution in [2.24, 2.45) is 5.41 Å². The van der Waals surface area contributed by atoms with E-state index in [-0.39, 0.29) is 17.2 Å². The van der Waals surface area contributed by atoms with Crippen molar-refractivity contribution in [2.45, 2.75) is 24.2 Å². The number of nitrogens with one attached hydrogen (secondary N) is 1. The molecule has 0 radical (unpaired) electrons. The molecule has 2 aliphatic rings. The van der Waals surface area contributed by atoms with Crippen LogP contribution in [0, 0.1) is 15.5 Å². The summed E-state index contributed by atoms with van der Waals surface area (Å²) in [6.45, 7) is 3.35. The summed E-state index contributed by atoms with van der Waals surface area (Å²) in [6.07, 6.45) is 4.90. The second-order valence-corrected chi connectivity index (χ2v) is 7.55. The van der Waals surface area contributed by atoms with Crippen molar-refractivity contribution in [2.75, 3.05) is 39.5 Å². The number of likely N-dealkylation sites (tertiary alicyclic amines) is 1. The van der Waals surface area contributed by atoms with Crippen molar-refractivity contribution in [3.8, 4) is 5.75 Å². The number of methoxy groups -OCH3 is 1. The number of rotatable bonds is 4. The smallest absolute Gasteiger partial charge is 0.285 e. The van der Waals surface area contributed by atoms with Gasteiger partial charge < -0.3 is 15.0 Å². The molecule has 25 heavy (non-hydrogen) atoms. The normalized spacial score (nSPS) is 19.2. The van der Waals surface area contributed by atoms with E-state index in [0.29, 0.717) is 24.3 Å². The van der Waals surface area contributed by atoms with E-state index < -0.39 is 4.92 Å². The lowest BCUT2D eigenvalue weighted by atomic mass is 9.78. The van der Waals surface area contributed by atoms with Gasteiger partial charge in [0, 0.05) is 19.6 Å². The lowest BCUT2D eigenvalue weighted by molar-refractivity contribution is -0.385. The molecule has 0 bridgehead atoms. The summed E-state index contributed by atoms with van der Waals surface area (Å²) >= 11 is 1.41. The summed E-state index contributed by atoms with van der Waals surface area (Å²) in [6, 6.07) is 2.94. The van der Waals surface area contributed by atoms with E-state index in [0.717, 1.165) is 37.2 Å². The van der Waals surface area contributed by atoms with Gasteiger partial charge >= 0.3 is 0 Å². The lowest BCUT2D eigenvalue weighted by Crippen LogP contribution is -2.44. The first-order chi connectivity index (χ1) is 12.0. The van der Waals surface area contributed by atoms with Gasteiger partial charge in [-0.2, -0.15) is 0 Å². The van der Waals surface area contributed by atoms with Gasteiger partial charge in [0.2, 0.25) is 0 Å². The van der Waals surface area contributed by atoms with E-state index in [2.05, 4.69) is 5.32 Å². The number of nitro benzene ring substituents is 1. The van der Waals surface area contributed by atoms with Crippen LogP contribution in [0.15, 0.2) is 17.0 Å². The minimum atomic E-state index is -0.508. The predicted octanol–water partition coefficient (Wildman–Crippen LogP) is 2.54. The number of piperidine rings is 1. The van der Waals surface area contributed by atoms with Gasteiger partial charge in [0.25, 0.3) is 11.6 Å². The first-order valence-corrected chi connectivity index (χ1v) is 9.62. The Morgan fingerprint density at radius 2 is 2.08 bits per heavy atom. The molecule has 0 unspecified atom stereocenters. The number of hydrogen-bond donors (Lipinski definition) is 1. The second kappa shape index (κ2) is 7.21. The summed E-state index contributed by atoms with van der Waals surface area (Å²) in [4.78, 5) is 26.4. The van der Waals surface area contributed by atoms with Crippen LogP contribution in [0.3, 0.4) is 0 Å². The number of amides is 1. The molecule has 0 atom stereocenters. The van der Waals surface area contributed by atoms with Gasteiger partial charge in [0.05, 0.1) is 23.0 Å². The highest BCUT2D eigenvalue weighted by atomic mass is 32.2. The molecule has 1 aromatic rings. The number of hydrogen-bond acceptors (Lipinski definition) is 6. The van der Waals surface area contributed by atoms with Gasteiger partial charge in [0.15, 0.2) is 0 Å². The molecule has 0 aliphatic carbocycles. The molecule has 2 aliphatic heterocycles. The highest BCUT2D eigenvalue weighted by Gasteiger charge is 2.39. The summed E-state index contributed by atoms with van der Waals surface area (Å²) in [5.74, 6) is 0.163. The third kappa shape index (κ3) is 3.46. The average molecular weight is 365 g/mol. The number of carbonyl (C=O) groups is 1. The van der Waals surface area contributed by atoms with Gasteiger partial charge in [-0.05, 0) is 43.5 Å². The Bertz CT molecular complexity index is 679. The van der Waals surface area contributed by atoms with Crippen LogP contribution in [-0.4, -0.2) is 55.3 Å². The fourth-order valence-electron chi connectivity index (χ4n) is 3.77. The molecule has 136 valence electrons.